The van der Waals surface area contributed by atoms with Gasteiger partial charge in [0.15, 0.2) is 5.96 Å². The summed E-state index contributed by atoms with van der Waals surface area (Å²) in [6.45, 7) is 0.672. The van der Waals surface area contributed by atoms with Gasteiger partial charge in [-0.1, -0.05) is 17.7 Å². The first-order chi connectivity index (χ1) is 7.63. The zero-order valence-electron chi connectivity index (χ0n) is 9.27. The molecule has 16 heavy (non-hydrogen) atoms. The maximum absolute atomic E-state index is 6.08. The van der Waals surface area contributed by atoms with E-state index in [0.29, 0.717) is 23.3 Å². The van der Waals surface area contributed by atoms with Crippen LogP contribution in [-0.2, 0) is 0 Å². The molecule has 0 aliphatic carbocycles. The largest absolute Gasteiger partial charge is 0.495 e. The molecule has 1 heterocycles. The summed E-state index contributed by atoms with van der Waals surface area (Å²) in [7, 11) is 3.53. The highest BCUT2D eigenvalue weighted by molar-refractivity contribution is 6.32. The van der Waals surface area contributed by atoms with E-state index in [4.69, 9.17) is 22.1 Å². The topological polar surface area (TPSA) is 50.9 Å². The van der Waals surface area contributed by atoms with Gasteiger partial charge < -0.3 is 15.4 Å². The number of likely N-dealkylation sites (N-methyl/N-ethyl adjacent to an activating group) is 1. The smallest absolute Gasteiger partial charge is 0.191 e. The third kappa shape index (κ3) is 1.80. The molecule has 5 heteroatoms. The van der Waals surface area contributed by atoms with E-state index in [9.17, 15) is 0 Å². The lowest BCUT2D eigenvalue weighted by Gasteiger charge is -2.22. The fraction of sp³-hybridized carbons (Fsp3) is 0.364. The third-order valence-corrected chi connectivity index (χ3v) is 3.11. The van der Waals surface area contributed by atoms with Gasteiger partial charge >= 0.3 is 0 Å². The van der Waals surface area contributed by atoms with Crippen molar-refractivity contribution in [1.82, 2.24) is 4.90 Å². The molecule has 1 aromatic rings. The zero-order chi connectivity index (χ0) is 11.7. The number of nitrogens with two attached hydrogens (primary N) is 1. The third-order valence-electron chi connectivity index (χ3n) is 2.82. The van der Waals surface area contributed by atoms with E-state index in [2.05, 4.69) is 4.99 Å². The first-order valence-electron chi connectivity index (χ1n) is 4.99. The molecular weight excluding hydrogens is 226 g/mol. The van der Waals surface area contributed by atoms with E-state index >= 15 is 0 Å². The molecular formula is C11H14ClN3O. The van der Waals surface area contributed by atoms with Gasteiger partial charge in [-0.05, 0) is 17.7 Å². The molecule has 1 unspecified atom stereocenters. The van der Waals surface area contributed by atoms with Crippen molar-refractivity contribution in [3.05, 3.63) is 28.8 Å². The van der Waals surface area contributed by atoms with E-state index in [1.165, 1.54) is 0 Å². The summed E-state index contributed by atoms with van der Waals surface area (Å²) >= 11 is 6.08. The number of rotatable bonds is 2. The molecule has 2 rings (SSSR count). The van der Waals surface area contributed by atoms with Gasteiger partial charge in [-0.3, -0.25) is 4.99 Å². The van der Waals surface area contributed by atoms with Crippen LogP contribution in [0.4, 0.5) is 0 Å². The summed E-state index contributed by atoms with van der Waals surface area (Å²) < 4.78 is 5.11. The summed E-state index contributed by atoms with van der Waals surface area (Å²) in [4.78, 5) is 6.14. The molecule has 0 bridgehead atoms. The Kier molecular flexibility index (Phi) is 2.92. The maximum Gasteiger partial charge on any atom is 0.191 e. The van der Waals surface area contributed by atoms with Crippen LogP contribution in [0.5, 0.6) is 5.75 Å². The van der Waals surface area contributed by atoms with Crippen LogP contribution in [0.1, 0.15) is 11.6 Å². The number of benzene rings is 1. The molecule has 0 amide bonds. The van der Waals surface area contributed by atoms with Crippen LogP contribution in [0, 0.1) is 0 Å². The van der Waals surface area contributed by atoms with Crippen molar-refractivity contribution in [3.8, 4) is 5.75 Å². The van der Waals surface area contributed by atoms with Crippen LogP contribution in [0.2, 0.25) is 5.02 Å². The van der Waals surface area contributed by atoms with Crippen molar-refractivity contribution in [1.29, 1.82) is 0 Å². The van der Waals surface area contributed by atoms with Crippen LogP contribution in [-0.4, -0.2) is 31.6 Å². The fourth-order valence-electron chi connectivity index (χ4n) is 1.79. The zero-order valence-corrected chi connectivity index (χ0v) is 10.0. The van der Waals surface area contributed by atoms with Gasteiger partial charge in [-0.25, -0.2) is 0 Å². The molecule has 1 aliphatic heterocycles. The summed E-state index contributed by atoms with van der Waals surface area (Å²) in [5.41, 5.74) is 6.81. The second kappa shape index (κ2) is 4.22. The number of hydrogen-bond acceptors (Lipinski definition) is 4. The Labute approximate surface area is 99.7 Å². The maximum atomic E-state index is 6.08. The number of nitrogens with zero attached hydrogens (tertiary/aromatic N) is 2. The number of methoxy groups -OCH3 is 1. The van der Waals surface area contributed by atoms with E-state index in [1.54, 1.807) is 7.11 Å². The molecule has 86 valence electrons. The number of ether oxygens (including phenoxy) is 1. The average Bonchev–Trinajstić information content (AvgIpc) is 2.60. The van der Waals surface area contributed by atoms with E-state index < -0.39 is 0 Å². The standard InChI is InChI=1S/C11H14ClN3O/c1-15-9(6-14-11(15)13)7-3-4-10(16-2)8(12)5-7/h3-5,9H,6H2,1-2H3,(H2,13,14). The van der Waals surface area contributed by atoms with Crippen molar-refractivity contribution < 1.29 is 4.74 Å². The van der Waals surface area contributed by atoms with E-state index in [1.807, 2.05) is 30.1 Å². The molecule has 1 atom stereocenters. The Hall–Kier alpha value is -1.42. The van der Waals surface area contributed by atoms with Crippen LogP contribution in [0.25, 0.3) is 0 Å². The fourth-order valence-corrected chi connectivity index (χ4v) is 2.06. The first-order valence-corrected chi connectivity index (χ1v) is 5.37. The molecule has 0 saturated heterocycles. The van der Waals surface area contributed by atoms with Gasteiger partial charge in [0.25, 0.3) is 0 Å². The van der Waals surface area contributed by atoms with E-state index in [0.717, 1.165) is 5.56 Å². The minimum atomic E-state index is 0.170. The monoisotopic (exact) mass is 239 g/mol. The second-order valence-corrected chi connectivity index (χ2v) is 4.13. The lowest BCUT2D eigenvalue weighted by Crippen LogP contribution is -2.32. The summed E-state index contributed by atoms with van der Waals surface area (Å²) in [5, 5.41) is 0.610. The van der Waals surface area contributed by atoms with Gasteiger partial charge in [0.2, 0.25) is 0 Å². The van der Waals surface area contributed by atoms with Crippen LogP contribution < -0.4 is 10.5 Å². The van der Waals surface area contributed by atoms with Gasteiger partial charge in [-0.15, -0.1) is 0 Å². The van der Waals surface area contributed by atoms with Gasteiger partial charge in [0, 0.05) is 7.05 Å². The molecule has 0 fully saturated rings. The highest BCUT2D eigenvalue weighted by Crippen LogP contribution is 2.31. The van der Waals surface area contributed by atoms with Crippen LogP contribution in [0.3, 0.4) is 0 Å². The molecule has 0 spiro atoms. The summed E-state index contributed by atoms with van der Waals surface area (Å²) in [6, 6.07) is 5.92. The van der Waals surface area contributed by atoms with Gasteiger partial charge in [-0.2, -0.15) is 0 Å². The van der Waals surface area contributed by atoms with Crippen molar-refractivity contribution in [3.63, 3.8) is 0 Å². The predicted octanol–water partition coefficient (Wildman–Crippen LogP) is 1.65. The van der Waals surface area contributed by atoms with Crippen LogP contribution in [0.15, 0.2) is 23.2 Å². The Balaban J connectivity index is 2.26. The van der Waals surface area contributed by atoms with Crippen molar-refractivity contribution >= 4 is 17.6 Å². The van der Waals surface area contributed by atoms with E-state index in [-0.39, 0.29) is 6.04 Å². The molecule has 1 aliphatic rings. The normalized spacial score (nSPS) is 19.8. The summed E-state index contributed by atoms with van der Waals surface area (Å²) in [5.74, 6) is 1.25. The highest BCUT2D eigenvalue weighted by atomic mass is 35.5. The van der Waals surface area contributed by atoms with Crippen LogP contribution >= 0.6 is 11.6 Å². The second-order valence-electron chi connectivity index (χ2n) is 3.72. The minimum absolute atomic E-state index is 0.170. The molecule has 0 radical (unpaired) electrons. The number of aliphatic imine (C=N–C) groups is 1. The molecule has 4 nitrogen and oxygen atoms in total. The lowest BCUT2D eigenvalue weighted by atomic mass is 10.1. The quantitative estimate of drug-likeness (QED) is 0.854. The van der Waals surface area contributed by atoms with Gasteiger partial charge in [0.05, 0.1) is 24.7 Å². The number of halogens is 1. The van der Waals surface area contributed by atoms with Gasteiger partial charge in [0.1, 0.15) is 5.75 Å². The Morgan fingerprint density at radius 1 is 1.56 bits per heavy atom. The highest BCUT2D eigenvalue weighted by Gasteiger charge is 2.24. The Morgan fingerprint density at radius 3 is 2.81 bits per heavy atom. The number of hydrogen-bond donors (Lipinski definition) is 1. The SMILES string of the molecule is COc1ccc(C2CN=C(N)N2C)cc1Cl. The van der Waals surface area contributed by atoms with Crippen molar-refractivity contribution in [2.45, 2.75) is 6.04 Å². The molecule has 0 saturated carbocycles. The predicted molar refractivity (Wildman–Crippen MR) is 65.0 cm³/mol. The molecule has 1 aromatic carbocycles. The molecule has 0 aromatic heterocycles. The summed E-state index contributed by atoms with van der Waals surface area (Å²) in [6.07, 6.45) is 0. The first kappa shape index (κ1) is 11.1. The van der Waals surface area contributed by atoms with Crippen molar-refractivity contribution in [2.75, 3.05) is 20.7 Å². The Bertz CT molecular complexity index is 433. The van der Waals surface area contributed by atoms with Crippen molar-refractivity contribution in [2.24, 2.45) is 10.7 Å². The minimum Gasteiger partial charge on any atom is -0.495 e. The number of guanidine groups is 1. The lowest BCUT2D eigenvalue weighted by molar-refractivity contribution is 0.406. The average molecular weight is 240 g/mol. The molecule has 2 N–H and O–H groups in total. The Morgan fingerprint density at radius 2 is 2.31 bits per heavy atom.